The first-order valence-corrected chi connectivity index (χ1v) is 6.96. The highest BCUT2D eigenvalue weighted by atomic mass is 32.1. The van der Waals surface area contributed by atoms with E-state index in [-0.39, 0.29) is 0 Å². The topological polar surface area (TPSA) is 24.1 Å². The van der Waals surface area contributed by atoms with Crippen LogP contribution >= 0.6 is 23.6 Å². The maximum absolute atomic E-state index is 5.24. The standard InChI is InChI=1S/C13H16N2S2/c1-9(2)8-14-13(16)15-11-3-4-12-10(7-11)5-6-17-12/h3-7,9H,8H2,1-2H3,(H2,14,15,16). The molecular formula is C13H16N2S2. The van der Waals surface area contributed by atoms with Gasteiger partial charge in [0.1, 0.15) is 0 Å². The highest BCUT2D eigenvalue weighted by Crippen LogP contribution is 2.23. The number of anilines is 1. The first kappa shape index (κ1) is 12.3. The lowest BCUT2D eigenvalue weighted by Crippen LogP contribution is -2.31. The first-order chi connectivity index (χ1) is 8.15. The average molecular weight is 264 g/mol. The molecule has 2 N–H and O–H groups in total. The van der Waals surface area contributed by atoms with Crippen LogP contribution in [0.1, 0.15) is 13.8 Å². The van der Waals surface area contributed by atoms with E-state index in [0.717, 1.165) is 12.2 Å². The Morgan fingerprint density at radius 2 is 2.18 bits per heavy atom. The lowest BCUT2D eigenvalue weighted by Gasteiger charge is -2.12. The molecule has 1 aromatic heterocycles. The molecular weight excluding hydrogens is 248 g/mol. The molecule has 0 saturated heterocycles. The minimum absolute atomic E-state index is 0.592. The molecule has 90 valence electrons. The summed E-state index contributed by atoms with van der Waals surface area (Å²) in [6.07, 6.45) is 0. The summed E-state index contributed by atoms with van der Waals surface area (Å²) in [6.45, 7) is 5.21. The number of thiocarbonyl (C=S) groups is 1. The second-order valence-electron chi connectivity index (χ2n) is 4.40. The molecule has 1 heterocycles. The summed E-state index contributed by atoms with van der Waals surface area (Å²) in [5.74, 6) is 0.592. The fraction of sp³-hybridized carbons (Fsp3) is 0.308. The van der Waals surface area contributed by atoms with Gasteiger partial charge in [-0.3, -0.25) is 0 Å². The number of fused-ring (bicyclic) bond motifs is 1. The van der Waals surface area contributed by atoms with Gasteiger partial charge >= 0.3 is 0 Å². The Bertz CT molecular complexity index is 517. The van der Waals surface area contributed by atoms with Crippen LogP contribution in [0.4, 0.5) is 5.69 Å². The third-order valence-corrected chi connectivity index (χ3v) is 3.53. The van der Waals surface area contributed by atoms with Crippen LogP contribution in [0.25, 0.3) is 10.1 Å². The molecule has 0 unspecified atom stereocenters. The summed E-state index contributed by atoms with van der Waals surface area (Å²) >= 11 is 6.99. The zero-order chi connectivity index (χ0) is 12.3. The molecule has 2 rings (SSSR count). The molecule has 0 aliphatic rings. The van der Waals surface area contributed by atoms with Crippen LogP contribution in [0.5, 0.6) is 0 Å². The van der Waals surface area contributed by atoms with Crippen molar-refractivity contribution in [1.82, 2.24) is 5.32 Å². The van der Waals surface area contributed by atoms with Gasteiger partial charge in [0.2, 0.25) is 0 Å². The Kier molecular flexibility index (Phi) is 3.97. The fourth-order valence-electron chi connectivity index (χ4n) is 1.52. The second kappa shape index (κ2) is 5.47. The molecule has 0 bridgehead atoms. The fourth-order valence-corrected chi connectivity index (χ4v) is 2.49. The quantitative estimate of drug-likeness (QED) is 0.824. The summed E-state index contributed by atoms with van der Waals surface area (Å²) < 4.78 is 1.30. The van der Waals surface area contributed by atoms with Crippen LogP contribution < -0.4 is 10.6 Å². The van der Waals surface area contributed by atoms with Crippen molar-refractivity contribution in [1.29, 1.82) is 0 Å². The van der Waals surface area contributed by atoms with E-state index in [1.807, 2.05) is 0 Å². The van der Waals surface area contributed by atoms with E-state index < -0.39 is 0 Å². The van der Waals surface area contributed by atoms with Crippen LogP contribution in [-0.4, -0.2) is 11.7 Å². The smallest absolute Gasteiger partial charge is 0.170 e. The van der Waals surface area contributed by atoms with Crippen LogP contribution in [0.3, 0.4) is 0 Å². The van der Waals surface area contributed by atoms with Crippen molar-refractivity contribution in [3.8, 4) is 0 Å². The second-order valence-corrected chi connectivity index (χ2v) is 5.76. The van der Waals surface area contributed by atoms with Crippen LogP contribution in [-0.2, 0) is 0 Å². The molecule has 0 saturated carbocycles. The Morgan fingerprint density at radius 3 is 2.94 bits per heavy atom. The van der Waals surface area contributed by atoms with Crippen LogP contribution in [0.2, 0.25) is 0 Å². The van der Waals surface area contributed by atoms with E-state index in [2.05, 4.69) is 54.1 Å². The number of rotatable bonds is 3. The summed E-state index contributed by atoms with van der Waals surface area (Å²) in [5, 5.41) is 10.4. The third kappa shape index (κ3) is 3.41. The average Bonchev–Trinajstić information content (AvgIpc) is 2.73. The van der Waals surface area contributed by atoms with Crippen molar-refractivity contribution in [2.24, 2.45) is 5.92 Å². The number of hydrogen-bond donors (Lipinski definition) is 2. The van der Waals surface area contributed by atoms with E-state index in [1.165, 1.54) is 10.1 Å². The molecule has 0 amide bonds. The third-order valence-electron chi connectivity index (χ3n) is 2.38. The Morgan fingerprint density at radius 1 is 1.35 bits per heavy atom. The largest absolute Gasteiger partial charge is 0.362 e. The van der Waals surface area contributed by atoms with Gasteiger partial charge in [-0.1, -0.05) is 13.8 Å². The molecule has 0 spiro atoms. The van der Waals surface area contributed by atoms with Crippen molar-refractivity contribution in [3.63, 3.8) is 0 Å². The van der Waals surface area contributed by atoms with Crippen LogP contribution in [0, 0.1) is 5.92 Å². The SMILES string of the molecule is CC(C)CNC(=S)Nc1ccc2sccc2c1. The molecule has 0 atom stereocenters. The van der Waals surface area contributed by atoms with Crippen molar-refractivity contribution < 1.29 is 0 Å². The predicted octanol–water partition coefficient (Wildman–Crippen LogP) is 3.84. The van der Waals surface area contributed by atoms with E-state index in [1.54, 1.807) is 11.3 Å². The highest BCUT2D eigenvalue weighted by molar-refractivity contribution is 7.80. The Hall–Kier alpha value is -1.13. The van der Waals surface area contributed by atoms with Gasteiger partial charge in [0, 0.05) is 16.9 Å². The Balaban J connectivity index is 2.00. The highest BCUT2D eigenvalue weighted by Gasteiger charge is 2.00. The molecule has 2 aromatic rings. The van der Waals surface area contributed by atoms with Crippen molar-refractivity contribution >= 4 is 44.4 Å². The van der Waals surface area contributed by atoms with E-state index in [4.69, 9.17) is 12.2 Å². The lowest BCUT2D eigenvalue weighted by molar-refractivity contribution is 0.627. The van der Waals surface area contributed by atoms with Gasteiger partial charge in [-0.25, -0.2) is 0 Å². The van der Waals surface area contributed by atoms with Gasteiger partial charge < -0.3 is 10.6 Å². The van der Waals surface area contributed by atoms with Crippen molar-refractivity contribution in [2.75, 3.05) is 11.9 Å². The number of nitrogens with one attached hydrogen (secondary N) is 2. The molecule has 4 heteroatoms. The molecule has 0 aliphatic carbocycles. The van der Waals surface area contributed by atoms with Gasteiger partial charge in [-0.05, 0) is 53.2 Å². The van der Waals surface area contributed by atoms with E-state index in [9.17, 15) is 0 Å². The minimum Gasteiger partial charge on any atom is -0.362 e. The Labute approximate surface area is 111 Å². The first-order valence-electron chi connectivity index (χ1n) is 5.67. The van der Waals surface area contributed by atoms with Gasteiger partial charge in [0.25, 0.3) is 0 Å². The van der Waals surface area contributed by atoms with Gasteiger partial charge in [-0.15, -0.1) is 11.3 Å². The molecule has 0 fully saturated rings. The summed E-state index contributed by atoms with van der Waals surface area (Å²) in [7, 11) is 0. The van der Waals surface area contributed by atoms with Crippen molar-refractivity contribution in [3.05, 3.63) is 29.6 Å². The van der Waals surface area contributed by atoms with Gasteiger partial charge in [0.15, 0.2) is 5.11 Å². The maximum atomic E-state index is 5.24. The zero-order valence-corrected chi connectivity index (χ0v) is 11.6. The molecule has 0 aliphatic heterocycles. The van der Waals surface area contributed by atoms with Crippen molar-refractivity contribution in [2.45, 2.75) is 13.8 Å². The van der Waals surface area contributed by atoms with E-state index >= 15 is 0 Å². The van der Waals surface area contributed by atoms with Gasteiger partial charge in [0.05, 0.1) is 0 Å². The predicted molar refractivity (Wildman–Crippen MR) is 80.9 cm³/mol. The normalized spacial score (nSPS) is 10.8. The minimum atomic E-state index is 0.592. The number of hydrogen-bond acceptors (Lipinski definition) is 2. The zero-order valence-electron chi connectivity index (χ0n) is 9.99. The monoisotopic (exact) mass is 264 g/mol. The summed E-state index contributed by atoms with van der Waals surface area (Å²) in [6, 6.07) is 8.42. The lowest BCUT2D eigenvalue weighted by atomic mass is 10.2. The number of thiophene rings is 1. The maximum Gasteiger partial charge on any atom is 0.170 e. The molecule has 2 nitrogen and oxygen atoms in total. The van der Waals surface area contributed by atoms with Crippen LogP contribution in [0.15, 0.2) is 29.6 Å². The molecule has 0 radical (unpaired) electrons. The molecule has 1 aromatic carbocycles. The summed E-state index contributed by atoms with van der Waals surface area (Å²) in [5.41, 5.74) is 1.04. The summed E-state index contributed by atoms with van der Waals surface area (Å²) in [4.78, 5) is 0. The van der Waals surface area contributed by atoms with E-state index in [0.29, 0.717) is 11.0 Å². The number of benzene rings is 1. The molecule has 17 heavy (non-hydrogen) atoms. The van der Waals surface area contributed by atoms with Gasteiger partial charge in [-0.2, -0.15) is 0 Å².